The molecule has 2 aromatic rings. The van der Waals surface area contributed by atoms with Gasteiger partial charge in [0.05, 0.1) is 26.4 Å². The van der Waals surface area contributed by atoms with Crippen molar-refractivity contribution in [2.75, 3.05) is 39.5 Å². The van der Waals surface area contributed by atoms with Gasteiger partial charge in [-0.3, -0.25) is 14.4 Å². The number of carboxylic acids is 2. The second kappa shape index (κ2) is 20.1. The Balaban J connectivity index is 1.16. The predicted octanol–water partition coefficient (Wildman–Crippen LogP) is 7.45. The summed E-state index contributed by atoms with van der Waals surface area (Å²) in [7, 11) is 0. The lowest BCUT2D eigenvalue weighted by Gasteiger charge is -2.27. The number of hydrogen-bond acceptors (Lipinski definition) is 8. The Bertz CT molecular complexity index is 1670. The number of carbonyl (C=O) groups is 3. The van der Waals surface area contributed by atoms with Crippen LogP contribution in [0.1, 0.15) is 91.3 Å². The number of unbranched alkanes of at least 4 members (excludes halogenated alkanes) is 3. The third kappa shape index (κ3) is 12.0. The molecular formula is C41H49NO10. The zero-order valence-electron chi connectivity index (χ0n) is 29.7. The Morgan fingerprint density at radius 3 is 2.44 bits per heavy atom. The molecule has 1 amide bonds. The maximum absolute atomic E-state index is 13.5. The normalized spacial score (nSPS) is 15.5. The fraction of sp³-hybridized carbons (Fsp3) is 0.439. The summed E-state index contributed by atoms with van der Waals surface area (Å²) >= 11 is 0. The van der Waals surface area contributed by atoms with E-state index in [4.69, 9.17) is 28.8 Å². The Kier molecular flexibility index (Phi) is 14.8. The molecule has 52 heavy (non-hydrogen) atoms. The number of allylic oxidation sites excluding steroid dienone is 4. The van der Waals surface area contributed by atoms with Gasteiger partial charge in [0.25, 0.3) is 5.91 Å². The molecule has 1 fully saturated rings. The topological polar surface area (TPSA) is 141 Å². The van der Waals surface area contributed by atoms with E-state index in [1.54, 1.807) is 23.5 Å². The minimum Gasteiger partial charge on any atom is -0.494 e. The predicted molar refractivity (Wildman–Crippen MR) is 195 cm³/mol. The molecule has 0 radical (unpaired) electrons. The summed E-state index contributed by atoms with van der Waals surface area (Å²) in [4.78, 5) is 37.5. The molecule has 278 valence electrons. The number of hydrogen-bond donors (Lipinski definition) is 2. The number of amides is 1. The second-order valence-electron chi connectivity index (χ2n) is 13.1. The number of aliphatic carboxylic acids is 2. The Morgan fingerprint density at radius 2 is 1.65 bits per heavy atom. The van der Waals surface area contributed by atoms with Crippen LogP contribution in [0.25, 0.3) is 5.76 Å². The van der Waals surface area contributed by atoms with Gasteiger partial charge in [0, 0.05) is 43.5 Å². The van der Waals surface area contributed by atoms with E-state index in [9.17, 15) is 19.5 Å². The number of aryl methyl sites for hydroxylation is 1. The molecule has 11 nitrogen and oxygen atoms in total. The number of carbonyl (C=O) groups excluding carboxylic acids is 1. The Hall–Kier alpha value is -5.03. The molecule has 0 aromatic heterocycles. The van der Waals surface area contributed by atoms with Crippen molar-refractivity contribution in [1.29, 1.82) is 0 Å². The van der Waals surface area contributed by atoms with Crippen LogP contribution in [0.15, 0.2) is 78.5 Å². The molecule has 2 aromatic carbocycles. The van der Waals surface area contributed by atoms with Gasteiger partial charge in [0.2, 0.25) is 0 Å². The zero-order chi connectivity index (χ0) is 36.5. The first-order chi connectivity index (χ1) is 25.4. The summed E-state index contributed by atoms with van der Waals surface area (Å²) in [5, 5.41) is 18.2. The van der Waals surface area contributed by atoms with Crippen molar-refractivity contribution in [2.45, 2.75) is 77.0 Å². The number of benzene rings is 2. The van der Waals surface area contributed by atoms with E-state index in [1.807, 2.05) is 30.3 Å². The third-order valence-electron chi connectivity index (χ3n) is 9.07. The van der Waals surface area contributed by atoms with Crippen molar-refractivity contribution in [2.24, 2.45) is 0 Å². The first-order valence-corrected chi connectivity index (χ1v) is 18.3. The van der Waals surface area contributed by atoms with Gasteiger partial charge < -0.3 is 38.8 Å². The molecule has 2 heterocycles. The maximum Gasteiger partial charge on any atom is 0.303 e. The average molecular weight is 716 g/mol. The van der Waals surface area contributed by atoms with E-state index in [-0.39, 0.29) is 25.4 Å². The third-order valence-corrected chi connectivity index (χ3v) is 9.07. The van der Waals surface area contributed by atoms with Gasteiger partial charge in [-0.2, -0.15) is 0 Å². The number of nitrogens with zero attached hydrogens (tertiary/aromatic N) is 1. The van der Waals surface area contributed by atoms with Crippen molar-refractivity contribution < 1.29 is 48.3 Å². The van der Waals surface area contributed by atoms with Crippen molar-refractivity contribution in [3.05, 3.63) is 101 Å². The van der Waals surface area contributed by atoms with E-state index >= 15 is 0 Å². The lowest BCUT2D eigenvalue weighted by molar-refractivity contribution is -0.138. The Labute approximate surface area is 305 Å². The molecule has 5 rings (SSSR count). The van der Waals surface area contributed by atoms with Gasteiger partial charge >= 0.3 is 11.9 Å². The summed E-state index contributed by atoms with van der Waals surface area (Å²) in [6, 6.07) is 11.2. The van der Waals surface area contributed by atoms with Crippen LogP contribution in [0.3, 0.4) is 0 Å². The van der Waals surface area contributed by atoms with Crippen LogP contribution >= 0.6 is 0 Å². The van der Waals surface area contributed by atoms with Crippen LogP contribution in [0.2, 0.25) is 0 Å². The molecule has 2 N–H and O–H groups in total. The number of carboxylic acid groups (broad SMARTS) is 2. The second-order valence-corrected chi connectivity index (χ2v) is 13.1. The Morgan fingerprint density at radius 1 is 0.846 bits per heavy atom. The molecule has 1 aliphatic carbocycles. The quantitative estimate of drug-likeness (QED) is 0.133. The molecule has 11 heteroatoms. The van der Waals surface area contributed by atoms with E-state index in [1.165, 1.54) is 5.57 Å². The molecule has 0 bridgehead atoms. The number of ether oxygens (including phenoxy) is 5. The SMILES string of the molecule is O=C(O)CCCOc1cccc(CCCCCCOc2cc(C(=O)N3CCOCC3)cc(C3=COC=C(CC4=CC=CCC4)O3)c2)c1CCC(=O)O. The smallest absolute Gasteiger partial charge is 0.303 e. The molecule has 0 saturated carbocycles. The van der Waals surface area contributed by atoms with E-state index in [0.717, 1.165) is 56.1 Å². The summed E-state index contributed by atoms with van der Waals surface area (Å²) in [6.45, 7) is 2.81. The lowest BCUT2D eigenvalue weighted by Crippen LogP contribution is -2.40. The lowest BCUT2D eigenvalue weighted by atomic mass is 9.97. The molecule has 3 aliphatic rings. The molecule has 0 unspecified atom stereocenters. The van der Waals surface area contributed by atoms with E-state index < -0.39 is 11.9 Å². The highest BCUT2D eigenvalue weighted by Crippen LogP contribution is 2.32. The summed E-state index contributed by atoms with van der Waals surface area (Å²) in [6.07, 6.45) is 17.2. The average Bonchev–Trinajstić information content (AvgIpc) is 3.16. The van der Waals surface area contributed by atoms with Crippen LogP contribution in [-0.4, -0.2) is 72.5 Å². The van der Waals surface area contributed by atoms with Crippen molar-refractivity contribution in [1.82, 2.24) is 4.90 Å². The van der Waals surface area contributed by atoms with Gasteiger partial charge in [-0.1, -0.05) is 48.8 Å². The van der Waals surface area contributed by atoms with Crippen LogP contribution in [0, 0.1) is 0 Å². The first kappa shape index (κ1) is 38.2. The highest BCUT2D eigenvalue weighted by molar-refractivity contribution is 5.95. The highest BCUT2D eigenvalue weighted by Gasteiger charge is 2.22. The fourth-order valence-electron chi connectivity index (χ4n) is 6.35. The summed E-state index contributed by atoms with van der Waals surface area (Å²) < 4.78 is 29.5. The number of rotatable bonds is 20. The standard InChI is InChI=1S/C41H49NO10/c43-39(44)15-9-21-51-37-14-8-13-31(36(37)16-17-40(45)46)12-6-1-2-7-20-50-34-26-32(25-33(27-34)41(47)42-18-22-48-23-19-42)38-29-49-28-35(52-38)24-30-10-4-3-5-11-30/h3-4,8,10,13-14,25-29H,1-2,5-7,9,11-12,15-24H2,(H,43,44)(H,45,46). The minimum atomic E-state index is -0.877. The molecule has 0 atom stereocenters. The first-order valence-electron chi connectivity index (χ1n) is 18.3. The largest absolute Gasteiger partial charge is 0.494 e. The van der Waals surface area contributed by atoms with Crippen LogP contribution in [0.5, 0.6) is 11.5 Å². The van der Waals surface area contributed by atoms with E-state index in [0.29, 0.717) is 86.3 Å². The van der Waals surface area contributed by atoms with Gasteiger partial charge in [-0.05, 0) is 80.3 Å². The monoisotopic (exact) mass is 715 g/mol. The van der Waals surface area contributed by atoms with Crippen molar-refractivity contribution in [3.8, 4) is 11.5 Å². The molecule has 0 spiro atoms. The van der Waals surface area contributed by atoms with Gasteiger partial charge in [0.15, 0.2) is 5.76 Å². The molecule has 2 aliphatic heterocycles. The maximum atomic E-state index is 13.5. The molecular weight excluding hydrogens is 666 g/mol. The summed E-state index contributed by atoms with van der Waals surface area (Å²) in [5.41, 5.74) is 4.41. The van der Waals surface area contributed by atoms with Crippen LogP contribution < -0.4 is 9.47 Å². The van der Waals surface area contributed by atoms with Crippen molar-refractivity contribution >= 4 is 23.6 Å². The van der Waals surface area contributed by atoms with E-state index in [2.05, 4.69) is 18.2 Å². The summed E-state index contributed by atoms with van der Waals surface area (Å²) in [5.74, 6) is 0.591. The van der Waals surface area contributed by atoms with Crippen LogP contribution in [-0.2, 0) is 36.6 Å². The van der Waals surface area contributed by atoms with Gasteiger partial charge in [0.1, 0.15) is 29.8 Å². The molecule has 1 saturated heterocycles. The van der Waals surface area contributed by atoms with Crippen molar-refractivity contribution in [3.63, 3.8) is 0 Å². The van der Waals surface area contributed by atoms with Gasteiger partial charge in [-0.15, -0.1) is 0 Å². The minimum absolute atomic E-state index is 0.00875. The number of morpholine rings is 1. The fourth-order valence-corrected chi connectivity index (χ4v) is 6.35. The van der Waals surface area contributed by atoms with Gasteiger partial charge in [-0.25, -0.2) is 0 Å². The zero-order valence-corrected chi connectivity index (χ0v) is 29.7. The highest BCUT2D eigenvalue weighted by atomic mass is 16.5. The van der Waals surface area contributed by atoms with Crippen LogP contribution in [0.4, 0.5) is 0 Å².